The van der Waals surface area contributed by atoms with Crippen LogP contribution in [0.5, 0.6) is 0 Å². The molecule has 2 nitrogen and oxygen atoms in total. The Morgan fingerprint density at radius 1 is 1.12 bits per heavy atom. The molecule has 1 aliphatic rings. The van der Waals surface area contributed by atoms with E-state index >= 15 is 0 Å². The monoisotopic (exact) mass is 222 g/mol. The van der Waals surface area contributed by atoms with Gasteiger partial charge in [0.25, 0.3) is 0 Å². The van der Waals surface area contributed by atoms with Crippen molar-refractivity contribution in [2.24, 2.45) is 0 Å². The number of nitrogens with zero attached hydrogens (tertiary/aromatic N) is 1. The van der Waals surface area contributed by atoms with Crippen LogP contribution in [-0.2, 0) is 0 Å². The van der Waals surface area contributed by atoms with Gasteiger partial charge in [0, 0.05) is 6.04 Å². The number of benzene rings is 2. The van der Waals surface area contributed by atoms with Gasteiger partial charge in [0.15, 0.2) is 0 Å². The minimum atomic E-state index is -0.186. The molecule has 0 spiro atoms. The van der Waals surface area contributed by atoms with Gasteiger partial charge in [-0.15, -0.1) is 0 Å². The van der Waals surface area contributed by atoms with Crippen LogP contribution in [0.15, 0.2) is 42.5 Å². The maximum absolute atomic E-state index is 9.30. The molecule has 1 unspecified atom stereocenters. The van der Waals surface area contributed by atoms with E-state index in [-0.39, 0.29) is 6.04 Å². The van der Waals surface area contributed by atoms with E-state index in [0.717, 1.165) is 5.56 Å². The van der Waals surface area contributed by atoms with Crippen molar-refractivity contribution in [1.82, 2.24) is 5.32 Å². The Kier molecular flexibility index (Phi) is 2.55. The Labute approximate surface area is 101 Å². The third-order valence-corrected chi connectivity index (χ3v) is 3.24. The third-order valence-electron chi connectivity index (χ3n) is 3.24. The SMILES string of the molecule is N#CC(NC1CC1)c1cccc2ccccc12. The number of rotatable bonds is 3. The van der Waals surface area contributed by atoms with Crippen LogP contribution in [0.3, 0.4) is 0 Å². The molecular weight excluding hydrogens is 208 g/mol. The summed E-state index contributed by atoms with van der Waals surface area (Å²) in [5.74, 6) is 0. The van der Waals surface area contributed by atoms with Crippen molar-refractivity contribution in [2.45, 2.75) is 24.9 Å². The molecule has 84 valence electrons. The smallest absolute Gasteiger partial charge is 0.122 e. The summed E-state index contributed by atoms with van der Waals surface area (Å²) in [6, 6.07) is 17.1. The van der Waals surface area contributed by atoms with Crippen LogP contribution in [0.4, 0.5) is 0 Å². The Morgan fingerprint density at radius 3 is 2.65 bits per heavy atom. The van der Waals surface area contributed by atoms with Gasteiger partial charge in [0.1, 0.15) is 6.04 Å². The highest BCUT2D eigenvalue weighted by Crippen LogP contribution is 2.28. The van der Waals surface area contributed by atoms with Gasteiger partial charge in [0.2, 0.25) is 0 Å². The van der Waals surface area contributed by atoms with Crippen molar-refractivity contribution in [3.05, 3.63) is 48.0 Å². The first-order valence-electron chi connectivity index (χ1n) is 6.02. The summed E-state index contributed by atoms with van der Waals surface area (Å²) in [7, 11) is 0. The van der Waals surface area contributed by atoms with Crippen molar-refractivity contribution < 1.29 is 0 Å². The minimum absolute atomic E-state index is 0.186. The van der Waals surface area contributed by atoms with E-state index in [4.69, 9.17) is 0 Å². The van der Waals surface area contributed by atoms with E-state index < -0.39 is 0 Å². The summed E-state index contributed by atoms with van der Waals surface area (Å²) in [5, 5.41) is 15.1. The molecule has 1 fully saturated rings. The van der Waals surface area contributed by atoms with Gasteiger partial charge in [-0.3, -0.25) is 5.32 Å². The fourth-order valence-corrected chi connectivity index (χ4v) is 2.18. The highest BCUT2D eigenvalue weighted by atomic mass is 15.0. The van der Waals surface area contributed by atoms with Gasteiger partial charge < -0.3 is 0 Å². The molecule has 1 aliphatic carbocycles. The zero-order valence-corrected chi connectivity index (χ0v) is 9.56. The number of nitriles is 1. The second-order valence-corrected chi connectivity index (χ2v) is 4.57. The molecule has 0 aliphatic heterocycles. The average Bonchev–Trinajstić information content (AvgIpc) is 3.19. The van der Waals surface area contributed by atoms with Crippen LogP contribution in [-0.4, -0.2) is 6.04 Å². The first-order chi connectivity index (χ1) is 8.38. The van der Waals surface area contributed by atoms with E-state index in [1.165, 1.54) is 23.6 Å². The molecule has 0 saturated heterocycles. The fraction of sp³-hybridized carbons (Fsp3) is 0.267. The summed E-state index contributed by atoms with van der Waals surface area (Å²) in [6.07, 6.45) is 2.39. The van der Waals surface area contributed by atoms with Gasteiger partial charge >= 0.3 is 0 Å². The normalized spacial score (nSPS) is 16.6. The van der Waals surface area contributed by atoms with Crippen LogP contribution < -0.4 is 5.32 Å². The highest BCUT2D eigenvalue weighted by molar-refractivity contribution is 5.86. The predicted octanol–water partition coefficient (Wildman–Crippen LogP) is 3.16. The van der Waals surface area contributed by atoms with E-state index in [9.17, 15) is 5.26 Å². The standard InChI is InChI=1S/C15H14N2/c16-10-15(17-12-8-9-12)14-7-3-5-11-4-1-2-6-13(11)14/h1-7,12,15,17H,8-9H2. The van der Waals surface area contributed by atoms with E-state index in [1.807, 2.05) is 24.3 Å². The second-order valence-electron chi connectivity index (χ2n) is 4.57. The summed E-state index contributed by atoms with van der Waals surface area (Å²) in [5.41, 5.74) is 1.09. The topological polar surface area (TPSA) is 35.8 Å². The van der Waals surface area contributed by atoms with Gasteiger partial charge in [-0.2, -0.15) is 5.26 Å². The van der Waals surface area contributed by atoms with E-state index in [0.29, 0.717) is 6.04 Å². The molecule has 3 rings (SSSR count). The zero-order chi connectivity index (χ0) is 11.7. The molecule has 2 aromatic carbocycles. The number of hydrogen-bond acceptors (Lipinski definition) is 2. The van der Waals surface area contributed by atoms with Crippen LogP contribution in [0.25, 0.3) is 10.8 Å². The molecule has 17 heavy (non-hydrogen) atoms. The number of nitrogens with one attached hydrogen (secondary N) is 1. The minimum Gasteiger partial charge on any atom is -0.295 e. The lowest BCUT2D eigenvalue weighted by Gasteiger charge is -2.13. The summed E-state index contributed by atoms with van der Waals surface area (Å²) in [4.78, 5) is 0. The lowest BCUT2D eigenvalue weighted by atomic mass is 9.99. The predicted molar refractivity (Wildman–Crippen MR) is 68.5 cm³/mol. The van der Waals surface area contributed by atoms with Crippen molar-refractivity contribution >= 4 is 10.8 Å². The number of fused-ring (bicyclic) bond motifs is 1. The summed E-state index contributed by atoms with van der Waals surface area (Å²) >= 11 is 0. The molecule has 1 saturated carbocycles. The lowest BCUT2D eigenvalue weighted by Crippen LogP contribution is -2.22. The molecule has 0 heterocycles. The van der Waals surface area contributed by atoms with Crippen molar-refractivity contribution in [3.63, 3.8) is 0 Å². The highest BCUT2D eigenvalue weighted by Gasteiger charge is 2.25. The van der Waals surface area contributed by atoms with Gasteiger partial charge in [-0.05, 0) is 29.2 Å². The van der Waals surface area contributed by atoms with Crippen molar-refractivity contribution in [1.29, 1.82) is 5.26 Å². The molecule has 0 radical (unpaired) electrons. The molecule has 1 atom stereocenters. The molecular formula is C15H14N2. The first kappa shape index (κ1) is 10.3. The summed E-state index contributed by atoms with van der Waals surface area (Å²) in [6.45, 7) is 0. The van der Waals surface area contributed by atoms with Crippen LogP contribution in [0, 0.1) is 11.3 Å². The molecule has 2 heteroatoms. The van der Waals surface area contributed by atoms with Crippen LogP contribution in [0.1, 0.15) is 24.4 Å². The second kappa shape index (κ2) is 4.20. The maximum atomic E-state index is 9.30. The van der Waals surface area contributed by atoms with Crippen molar-refractivity contribution in [3.8, 4) is 6.07 Å². The lowest BCUT2D eigenvalue weighted by molar-refractivity contribution is 0.629. The van der Waals surface area contributed by atoms with Gasteiger partial charge in [0.05, 0.1) is 6.07 Å². The van der Waals surface area contributed by atoms with E-state index in [2.05, 4.69) is 29.6 Å². The zero-order valence-electron chi connectivity index (χ0n) is 9.56. The Morgan fingerprint density at radius 2 is 1.88 bits per heavy atom. The maximum Gasteiger partial charge on any atom is 0.122 e. The Balaban J connectivity index is 2.05. The average molecular weight is 222 g/mol. The van der Waals surface area contributed by atoms with Crippen LogP contribution >= 0.6 is 0 Å². The largest absolute Gasteiger partial charge is 0.295 e. The third kappa shape index (κ3) is 2.02. The Bertz CT molecular complexity index is 573. The molecule has 0 amide bonds. The van der Waals surface area contributed by atoms with Gasteiger partial charge in [-0.1, -0.05) is 42.5 Å². The molecule has 0 aromatic heterocycles. The Hall–Kier alpha value is -1.85. The molecule has 0 bridgehead atoms. The quantitative estimate of drug-likeness (QED) is 0.865. The number of hydrogen-bond donors (Lipinski definition) is 1. The molecule has 1 N–H and O–H groups in total. The fourth-order valence-electron chi connectivity index (χ4n) is 2.18. The van der Waals surface area contributed by atoms with Crippen LogP contribution in [0.2, 0.25) is 0 Å². The molecule has 2 aromatic rings. The van der Waals surface area contributed by atoms with Crippen molar-refractivity contribution in [2.75, 3.05) is 0 Å². The summed E-state index contributed by atoms with van der Waals surface area (Å²) < 4.78 is 0. The first-order valence-corrected chi connectivity index (χ1v) is 6.02. The van der Waals surface area contributed by atoms with E-state index in [1.54, 1.807) is 0 Å². The van der Waals surface area contributed by atoms with Gasteiger partial charge in [-0.25, -0.2) is 0 Å².